The third-order valence-electron chi connectivity index (χ3n) is 5.08. The first-order valence-corrected chi connectivity index (χ1v) is 10.7. The molecule has 3 aromatic rings. The number of urea groups is 1. The van der Waals surface area contributed by atoms with E-state index in [0.29, 0.717) is 21.4 Å². The molecule has 5 nitrogen and oxygen atoms in total. The zero-order chi connectivity index (χ0) is 22.1. The van der Waals surface area contributed by atoms with E-state index >= 15 is 0 Å². The maximum Gasteiger partial charge on any atom is 0.326 e. The second-order valence-corrected chi connectivity index (χ2v) is 8.47. The quantitative estimate of drug-likeness (QED) is 0.454. The number of nitrogens with zero attached hydrogens (tertiary/aromatic N) is 1. The number of benzene rings is 2. The summed E-state index contributed by atoms with van der Waals surface area (Å²) in [5.74, 6) is -1.48. The lowest BCUT2D eigenvalue weighted by Crippen LogP contribution is -2.34. The number of hydrogen-bond acceptors (Lipinski definition) is 2. The maximum atomic E-state index is 13.4. The van der Waals surface area contributed by atoms with E-state index in [1.807, 2.05) is 17.0 Å². The zero-order valence-corrected chi connectivity index (χ0v) is 18.4. The average Bonchev–Trinajstić information content (AvgIpc) is 3.12. The summed E-state index contributed by atoms with van der Waals surface area (Å²) >= 11 is 18.8. The molecule has 160 valence electrons. The molecule has 9 heteroatoms. The van der Waals surface area contributed by atoms with Gasteiger partial charge in [0.15, 0.2) is 0 Å². The molecule has 0 radical (unpaired) electrons. The third kappa shape index (κ3) is 4.71. The van der Waals surface area contributed by atoms with Crippen LogP contribution in [-0.4, -0.2) is 16.5 Å². The van der Waals surface area contributed by atoms with Gasteiger partial charge in [0.2, 0.25) is 0 Å². The van der Waals surface area contributed by atoms with Gasteiger partial charge in [-0.25, -0.2) is 9.18 Å². The monoisotopic (exact) mass is 479 g/mol. The van der Waals surface area contributed by atoms with E-state index in [0.717, 1.165) is 37.8 Å². The highest BCUT2D eigenvalue weighted by Crippen LogP contribution is 2.34. The number of nitrogens with one attached hydrogen (secondary N) is 2. The summed E-state index contributed by atoms with van der Waals surface area (Å²) in [5, 5.41) is 5.31. The molecule has 0 fully saturated rings. The fraction of sp³-hybridized carbons (Fsp3) is 0.182. The molecule has 0 atom stereocenters. The summed E-state index contributed by atoms with van der Waals surface area (Å²) < 4.78 is 15.3. The van der Waals surface area contributed by atoms with Crippen LogP contribution in [0, 0.1) is 5.82 Å². The number of hydrogen-bond donors (Lipinski definition) is 2. The number of fused-ring (bicyclic) bond motifs is 1. The first-order valence-electron chi connectivity index (χ1n) is 9.58. The molecule has 1 aromatic heterocycles. The van der Waals surface area contributed by atoms with E-state index in [-0.39, 0.29) is 10.6 Å². The molecule has 1 aliphatic carbocycles. The van der Waals surface area contributed by atoms with Crippen LogP contribution >= 0.6 is 34.8 Å². The van der Waals surface area contributed by atoms with Crippen molar-refractivity contribution in [3.63, 3.8) is 0 Å². The molecule has 4 rings (SSSR count). The Kier molecular flexibility index (Phi) is 6.23. The summed E-state index contributed by atoms with van der Waals surface area (Å²) in [5.41, 5.74) is 3.33. The number of aryl methyl sites for hydroxylation is 2. The van der Waals surface area contributed by atoms with Crippen molar-refractivity contribution in [2.24, 2.45) is 0 Å². The van der Waals surface area contributed by atoms with Crippen molar-refractivity contribution < 1.29 is 14.0 Å². The number of carbonyl (C=O) groups is 2. The molecule has 0 saturated carbocycles. The fourth-order valence-corrected chi connectivity index (χ4v) is 4.52. The Morgan fingerprint density at radius 2 is 1.52 bits per heavy atom. The Labute approximate surface area is 193 Å². The summed E-state index contributed by atoms with van der Waals surface area (Å²) in [6.45, 7) is 0. The van der Waals surface area contributed by atoms with E-state index < -0.39 is 17.8 Å². The molecule has 1 aliphatic rings. The molecule has 0 unspecified atom stereocenters. The van der Waals surface area contributed by atoms with Crippen molar-refractivity contribution >= 4 is 52.4 Å². The first kappa shape index (κ1) is 21.7. The summed E-state index contributed by atoms with van der Waals surface area (Å²) in [4.78, 5) is 24.4. The van der Waals surface area contributed by atoms with E-state index in [1.165, 1.54) is 17.2 Å². The molecule has 1 heterocycles. The van der Waals surface area contributed by atoms with Gasteiger partial charge in [-0.3, -0.25) is 10.1 Å². The van der Waals surface area contributed by atoms with E-state index in [1.54, 1.807) is 12.1 Å². The molecule has 2 aromatic carbocycles. The van der Waals surface area contributed by atoms with Crippen LogP contribution in [0.15, 0.2) is 42.7 Å². The Bertz CT molecular complexity index is 1150. The van der Waals surface area contributed by atoms with Crippen molar-refractivity contribution in [1.29, 1.82) is 0 Å². The lowest BCUT2D eigenvalue weighted by Gasteiger charge is -2.12. The minimum absolute atomic E-state index is 0.0246. The molecule has 0 bridgehead atoms. The highest BCUT2D eigenvalue weighted by Gasteiger charge is 2.18. The van der Waals surface area contributed by atoms with Crippen LogP contribution in [-0.2, 0) is 12.8 Å². The van der Waals surface area contributed by atoms with Crippen LogP contribution in [0.4, 0.5) is 14.9 Å². The number of anilines is 1. The normalized spacial score (nSPS) is 12.9. The van der Waals surface area contributed by atoms with Gasteiger partial charge in [-0.1, -0.05) is 34.8 Å². The molecule has 0 saturated heterocycles. The average molecular weight is 481 g/mol. The second kappa shape index (κ2) is 8.91. The Hall–Kier alpha value is -2.54. The summed E-state index contributed by atoms with van der Waals surface area (Å²) in [6, 6.07) is 5.56. The third-order valence-corrected chi connectivity index (χ3v) is 5.98. The number of carbonyl (C=O) groups excluding carboxylic acids is 2. The zero-order valence-electron chi connectivity index (χ0n) is 16.1. The van der Waals surface area contributed by atoms with Crippen LogP contribution in [0.25, 0.3) is 5.69 Å². The van der Waals surface area contributed by atoms with Gasteiger partial charge in [0.25, 0.3) is 5.91 Å². The highest BCUT2D eigenvalue weighted by molar-refractivity contribution is 6.38. The summed E-state index contributed by atoms with van der Waals surface area (Å²) in [6.07, 6.45) is 8.44. The van der Waals surface area contributed by atoms with Crippen molar-refractivity contribution in [3.8, 4) is 5.69 Å². The van der Waals surface area contributed by atoms with E-state index in [2.05, 4.69) is 10.6 Å². The predicted molar refractivity (Wildman–Crippen MR) is 120 cm³/mol. The highest BCUT2D eigenvalue weighted by atomic mass is 35.5. The number of aromatic nitrogens is 1. The largest absolute Gasteiger partial charge is 0.326 e. The topological polar surface area (TPSA) is 63.1 Å². The smallest absolute Gasteiger partial charge is 0.321 e. The first-order chi connectivity index (χ1) is 14.8. The Morgan fingerprint density at radius 3 is 2.13 bits per heavy atom. The van der Waals surface area contributed by atoms with Crippen molar-refractivity contribution in [2.45, 2.75) is 25.7 Å². The van der Waals surface area contributed by atoms with E-state index in [4.69, 9.17) is 34.8 Å². The number of amides is 3. The molecular weight excluding hydrogens is 464 g/mol. The van der Waals surface area contributed by atoms with Crippen molar-refractivity contribution in [1.82, 2.24) is 9.88 Å². The van der Waals surface area contributed by atoms with Crippen LogP contribution in [0.5, 0.6) is 0 Å². The van der Waals surface area contributed by atoms with Gasteiger partial charge in [0, 0.05) is 18.1 Å². The molecule has 3 amide bonds. The van der Waals surface area contributed by atoms with Gasteiger partial charge in [0.05, 0.1) is 26.3 Å². The predicted octanol–water partition coefficient (Wildman–Crippen LogP) is 6.42. The van der Waals surface area contributed by atoms with Gasteiger partial charge < -0.3 is 9.88 Å². The number of halogens is 4. The lowest BCUT2D eigenvalue weighted by atomic mass is 9.96. The van der Waals surface area contributed by atoms with Crippen molar-refractivity contribution in [3.05, 3.63) is 80.3 Å². The molecule has 2 N–H and O–H groups in total. The van der Waals surface area contributed by atoms with Crippen LogP contribution < -0.4 is 10.6 Å². The fourth-order valence-electron chi connectivity index (χ4n) is 3.64. The van der Waals surface area contributed by atoms with Gasteiger partial charge >= 0.3 is 6.03 Å². The molecule has 0 spiro atoms. The van der Waals surface area contributed by atoms with Crippen molar-refractivity contribution in [2.75, 3.05) is 5.32 Å². The minimum Gasteiger partial charge on any atom is -0.321 e. The molecular formula is C22H17Cl3FN3O2. The van der Waals surface area contributed by atoms with Crippen LogP contribution in [0.2, 0.25) is 15.1 Å². The standard InChI is InChI=1S/C22H17Cl3FN3O2/c23-17-6-5-14(26)7-16(17)21(30)28-22(31)27-15-8-18(24)20(19(25)9-15)29-10-12-3-1-2-4-13(12)11-29/h5-11H,1-4H2,(H2,27,28,30,31). The minimum atomic E-state index is -0.839. The lowest BCUT2D eigenvalue weighted by molar-refractivity contribution is 0.0967. The van der Waals surface area contributed by atoms with Gasteiger partial charge in [-0.2, -0.15) is 0 Å². The van der Waals surface area contributed by atoms with Gasteiger partial charge in [-0.15, -0.1) is 0 Å². The van der Waals surface area contributed by atoms with Crippen LogP contribution in [0.1, 0.15) is 34.3 Å². The molecule has 31 heavy (non-hydrogen) atoms. The number of imide groups is 1. The van der Waals surface area contributed by atoms with Gasteiger partial charge in [0.1, 0.15) is 5.82 Å². The summed E-state index contributed by atoms with van der Waals surface area (Å²) in [7, 11) is 0. The van der Waals surface area contributed by atoms with E-state index in [9.17, 15) is 14.0 Å². The maximum absolute atomic E-state index is 13.4. The van der Waals surface area contributed by atoms with Gasteiger partial charge in [-0.05, 0) is 67.1 Å². The SMILES string of the molecule is O=C(NC(=O)c1cc(F)ccc1Cl)Nc1cc(Cl)c(-n2cc3c(c2)CCCC3)c(Cl)c1. The molecule has 0 aliphatic heterocycles. The Morgan fingerprint density at radius 1 is 0.903 bits per heavy atom. The van der Waals surface area contributed by atoms with Crippen LogP contribution in [0.3, 0.4) is 0 Å². The Balaban J connectivity index is 1.50. The number of rotatable bonds is 3. The second-order valence-electron chi connectivity index (χ2n) is 7.24.